The molecule has 0 aliphatic heterocycles. The first-order chi connectivity index (χ1) is 6.36. The van der Waals surface area contributed by atoms with Crippen molar-refractivity contribution < 1.29 is 0 Å². The molecule has 0 unspecified atom stereocenters. The summed E-state index contributed by atoms with van der Waals surface area (Å²) in [5.41, 5.74) is 2.94. The van der Waals surface area contributed by atoms with Gasteiger partial charge in [0, 0.05) is 18.0 Å². The molecule has 0 aromatic carbocycles. The Balaban J connectivity index is 2.53. The predicted octanol–water partition coefficient (Wildman–Crippen LogP) is 0.511. The third-order valence-corrected chi connectivity index (χ3v) is 2.58. The summed E-state index contributed by atoms with van der Waals surface area (Å²) in [5, 5.41) is 4.35. The molecule has 0 spiro atoms. The second kappa shape index (κ2) is 2.22. The van der Waals surface area contributed by atoms with Crippen LogP contribution in [0.3, 0.4) is 0 Å². The Hall–Kier alpha value is -1.58. The molecule has 0 radical (unpaired) electrons. The summed E-state index contributed by atoms with van der Waals surface area (Å²) in [5.74, 6) is 0. The minimum absolute atomic E-state index is 0.0295. The number of aryl methyl sites for hydroxylation is 2. The SMILES string of the molecule is O=c1[nH]ccn2nc3c(c12)CCC3. The van der Waals surface area contributed by atoms with E-state index < -0.39 is 0 Å². The number of H-pyrrole nitrogens is 1. The van der Waals surface area contributed by atoms with E-state index in [2.05, 4.69) is 10.1 Å². The van der Waals surface area contributed by atoms with Gasteiger partial charge >= 0.3 is 0 Å². The van der Waals surface area contributed by atoms with E-state index in [-0.39, 0.29) is 5.56 Å². The molecule has 0 saturated heterocycles. The molecule has 13 heavy (non-hydrogen) atoms. The summed E-state index contributed by atoms with van der Waals surface area (Å²) in [6.07, 6.45) is 6.54. The van der Waals surface area contributed by atoms with Gasteiger partial charge in [0.2, 0.25) is 0 Å². The maximum Gasteiger partial charge on any atom is 0.274 e. The van der Waals surface area contributed by atoms with Crippen LogP contribution in [-0.4, -0.2) is 14.6 Å². The Morgan fingerprint density at radius 1 is 1.46 bits per heavy atom. The van der Waals surface area contributed by atoms with Gasteiger partial charge in [-0.2, -0.15) is 5.10 Å². The molecule has 2 aromatic rings. The smallest absolute Gasteiger partial charge is 0.274 e. The topological polar surface area (TPSA) is 50.2 Å². The first-order valence-electron chi connectivity index (χ1n) is 4.44. The predicted molar refractivity (Wildman–Crippen MR) is 47.8 cm³/mol. The highest BCUT2D eigenvalue weighted by Crippen LogP contribution is 2.22. The number of aromatic nitrogens is 3. The van der Waals surface area contributed by atoms with Crippen molar-refractivity contribution in [2.75, 3.05) is 0 Å². The average Bonchev–Trinajstić information content (AvgIpc) is 2.62. The number of nitrogens with zero attached hydrogens (tertiary/aromatic N) is 2. The fourth-order valence-corrected chi connectivity index (χ4v) is 2.01. The average molecular weight is 175 g/mol. The Morgan fingerprint density at radius 2 is 2.38 bits per heavy atom. The highest BCUT2D eigenvalue weighted by atomic mass is 16.1. The minimum Gasteiger partial charge on any atom is -0.326 e. The van der Waals surface area contributed by atoms with Crippen LogP contribution in [0, 0.1) is 0 Å². The van der Waals surface area contributed by atoms with E-state index in [1.807, 2.05) is 0 Å². The standard InChI is InChI=1S/C9H9N3O/c13-9-8-6-2-1-3-7(6)11-12(8)5-4-10-9/h4-5H,1-3H2,(H,10,13). The molecular formula is C9H9N3O. The van der Waals surface area contributed by atoms with Gasteiger partial charge in [-0.05, 0) is 19.3 Å². The second-order valence-corrected chi connectivity index (χ2v) is 3.36. The minimum atomic E-state index is -0.0295. The van der Waals surface area contributed by atoms with Gasteiger partial charge in [-0.1, -0.05) is 0 Å². The van der Waals surface area contributed by atoms with Gasteiger partial charge in [0.25, 0.3) is 5.56 Å². The van der Waals surface area contributed by atoms with Crippen LogP contribution < -0.4 is 5.56 Å². The van der Waals surface area contributed by atoms with Crippen molar-refractivity contribution in [1.29, 1.82) is 0 Å². The van der Waals surface area contributed by atoms with E-state index in [1.165, 1.54) is 0 Å². The zero-order chi connectivity index (χ0) is 8.84. The summed E-state index contributed by atoms with van der Waals surface area (Å²) in [4.78, 5) is 14.2. The van der Waals surface area contributed by atoms with Crippen LogP contribution in [-0.2, 0) is 12.8 Å². The van der Waals surface area contributed by atoms with Crippen LogP contribution in [0.2, 0.25) is 0 Å². The van der Waals surface area contributed by atoms with Gasteiger partial charge in [0.1, 0.15) is 5.52 Å². The van der Waals surface area contributed by atoms with Gasteiger partial charge in [0.05, 0.1) is 5.69 Å². The third kappa shape index (κ3) is 0.798. The van der Waals surface area contributed by atoms with Crippen molar-refractivity contribution in [3.8, 4) is 0 Å². The van der Waals surface area contributed by atoms with Crippen LogP contribution in [0.4, 0.5) is 0 Å². The van der Waals surface area contributed by atoms with Gasteiger partial charge in [-0.25, -0.2) is 4.52 Å². The fourth-order valence-electron chi connectivity index (χ4n) is 2.01. The maximum absolute atomic E-state index is 11.5. The molecule has 4 nitrogen and oxygen atoms in total. The molecule has 66 valence electrons. The number of hydrogen-bond donors (Lipinski definition) is 1. The molecule has 2 aromatic heterocycles. The van der Waals surface area contributed by atoms with E-state index in [4.69, 9.17) is 0 Å². The molecule has 1 aliphatic rings. The maximum atomic E-state index is 11.5. The highest BCUT2D eigenvalue weighted by molar-refractivity contribution is 5.56. The molecule has 0 bridgehead atoms. The molecule has 0 saturated carbocycles. The lowest BCUT2D eigenvalue weighted by Gasteiger charge is -1.92. The second-order valence-electron chi connectivity index (χ2n) is 3.36. The van der Waals surface area contributed by atoms with Gasteiger partial charge in [-0.15, -0.1) is 0 Å². The third-order valence-electron chi connectivity index (χ3n) is 2.58. The Bertz CT molecular complexity index is 523. The van der Waals surface area contributed by atoms with Crippen molar-refractivity contribution in [2.24, 2.45) is 0 Å². The van der Waals surface area contributed by atoms with Crippen LogP contribution in [0.1, 0.15) is 17.7 Å². The lowest BCUT2D eigenvalue weighted by molar-refractivity contribution is 0.832. The molecule has 0 fully saturated rings. The molecular weight excluding hydrogens is 166 g/mol. The number of rotatable bonds is 0. The van der Waals surface area contributed by atoms with Gasteiger partial charge in [0.15, 0.2) is 0 Å². The van der Waals surface area contributed by atoms with Crippen LogP contribution in [0.25, 0.3) is 5.52 Å². The van der Waals surface area contributed by atoms with Crippen molar-refractivity contribution >= 4 is 5.52 Å². The van der Waals surface area contributed by atoms with E-state index >= 15 is 0 Å². The quantitative estimate of drug-likeness (QED) is 0.634. The number of aromatic amines is 1. The van der Waals surface area contributed by atoms with Crippen LogP contribution >= 0.6 is 0 Å². The summed E-state index contributed by atoms with van der Waals surface area (Å²) in [6.45, 7) is 0. The zero-order valence-electron chi connectivity index (χ0n) is 7.08. The summed E-state index contributed by atoms with van der Waals surface area (Å²) >= 11 is 0. The van der Waals surface area contributed by atoms with E-state index in [9.17, 15) is 4.79 Å². The molecule has 0 amide bonds. The van der Waals surface area contributed by atoms with Crippen molar-refractivity contribution in [3.05, 3.63) is 34.0 Å². The molecule has 3 rings (SSSR count). The molecule has 1 aliphatic carbocycles. The molecule has 4 heteroatoms. The first kappa shape index (κ1) is 6.88. The van der Waals surface area contributed by atoms with E-state index in [0.29, 0.717) is 0 Å². The number of hydrogen-bond acceptors (Lipinski definition) is 2. The van der Waals surface area contributed by atoms with Gasteiger partial charge in [-0.3, -0.25) is 4.79 Å². The molecule has 0 atom stereocenters. The molecule has 2 heterocycles. The van der Waals surface area contributed by atoms with Crippen molar-refractivity contribution in [1.82, 2.24) is 14.6 Å². The monoisotopic (exact) mass is 175 g/mol. The summed E-state index contributed by atoms with van der Waals surface area (Å²) < 4.78 is 1.68. The number of fused-ring (bicyclic) bond motifs is 3. The Labute approximate surface area is 74.2 Å². The lowest BCUT2D eigenvalue weighted by atomic mass is 10.2. The Morgan fingerprint density at radius 3 is 3.31 bits per heavy atom. The van der Waals surface area contributed by atoms with Gasteiger partial charge < -0.3 is 4.98 Å². The van der Waals surface area contributed by atoms with Crippen LogP contribution in [0.15, 0.2) is 17.2 Å². The summed E-state index contributed by atoms with van der Waals surface area (Å²) in [6, 6.07) is 0. The highest BCUT2D eigenvalue weighted by Gasteiger charge is 2.19. The van der Waals surface area contributed by atoms with Crippen LogP contribution in [0.5, 0.6) is 0 Å². The Kier molecular flexibility index (Phi) is 1.17. The lowest BCUT2D eigenvalue weighted by Crippen LogP contribution is -2.09. The number of nitrogens with one attached hydrogen (secondary N) is 1. The summed E-state index contributed by atoms with van der Waals surface area (Å²) in [7, 11) is 0. The molecule has 1 N–H and O–H groups in total. The first-order valence-corrected chi connectivity index (χ1v) is 4.44. The van der Waals surface area contributed by atoms with E-state index in [0.717, 1.165) is 36.0 Å². The van der Waals surface area contributed by atoms with Crippen molar-refractivity contribution in [2.45, 2.75) is 19.3 Å². The normalized spacial score (nSPS) is 15.1. The van der Waals surface area contributed by atoms with Crippen molar-refractivity contribution in [3.63, 3.8) is 0 Å². The largest absolute Gasteiger partial charge is 0.326 e. The fraction of sp³-hybridized carbons (Fsp3) is 0.333. The zero-order valence-corrected chi connectivity index (χ0v) is 7.08. The van der Waals surface area contributed by atoms with E-state index in [1.54, 1.807) is 16.9 Å².